The lowest BCUT2D eigenvalue weighted by Gasteiger charge is -2.05. The summed E-state index contributed by atoms with van der Waals surface area (Å²) in [5, 5.41) is 11.5. The van der Waals surface area contributed by atoms with Gasteiger partial charge in [0.15, 0.2) is 0 Å². The van der Waals surface area contributed by atoms with Crippen LogP contribution in [0.1, 0.15) is 11.1 Å². The summed E-state index contributed by atoms with van der Waals surface area (Å²) in [5.74, 6) is -0.115. The molecule has 0 bridgehead atoms. The van der Waals surface area contributed by atoms with Crippen LogP contribution in [-0.4, -0.2) is 10.9 Å². The summed E-state index contributed by atoms with van der Waals surface area (Å²) in [4.78, 5) is 15.7. The standard InChI is InChI=1S/C14H11N3O/c15-10-12-2-1-3-13(8-12)17-14(18)9-11-4-6-16-7-5-11/h1-8H,9H2,(H,17,18). The van der Waals surface area contributed by atoms with E-state index in [1.54, 1.807) is 48.8 Å². The smallest absolute Gasteiger partial charge is 0.228 e. The Morgan fingerprint density at radius 1 is 1.28 bits per heavy atom. The molecule has 2 aromatic rings. The molecular formula is C14H11N3O. The van der Waals surface area contributed by atoms with Crippen molar-refractivity contribution >= 4 is 11.6 Å². The van der Waals surface area contributed by atoms with Crippen LogP contribution in [0.15, 0.2) is 48.8 Å². The first-order valence-electron chi connectivity index (χ1n) is 5.47. The Hall–Kier alpha value is -2.67. The summed E-state index contributed by atoms with van der Waals surface area (Å²) in [5.41, 5.74) is 2.06. The monoisotopic (exact) mass is 237 g/mol. The Morgan fingerprint density at radius 2 is 2.06 bits per heavy atom. The third-order valence-electron chi connectivity index (χ3n) is 2.39. The van der Waals surface area contributed by atoms with Gasteiger partial charge in [-0.3, -0.25) is 9.78 Å². The SMILES string of the molecule is N#Cc1cccc(NC(=O)Cc2ccncc2)c1. The van der Waals surface area contributed by atoms with Crippen molar-refractivity contribution in [2.45, 2.75) is 6.42 Å². The molecule has 0 fully saturated rings. The molecule has 88 valence electrons. The van der Waals surface area contributed by atoms with E-state index in [-0.39, 0.29) is 5.91 Å². The zero-order valence-corrected chi connectivity index (χ0v) is 9.63. The molecule has 1 aromatic carbocycles. The minimum atomic E-state index is -0.115. The highest BCUT2D eigenvalue weighted by Gasteiger charge is 2.04. The molecule has 1 N–H and O–H groups in total. The molecule has 4 heteroatoms. The number of carbonyl (C=O) groups is 1. The van der Waals surface area contributed by atoms with Gasteiger partial charge in [-0.1, -0.05) is 6.07 Å². The quantitative estimate of drug-likeness (QED) is 0.889. The summed E-state index contributed by atoms with van der Waals surface area (Å²) in [6.45, 7) is 0. The normalized spacial score (nSPS) is 9.50. The number of hydrogen-bond donors (Lipinski definition) is 1. The van der Waals surface area contributed by atoms with E-state index in [0.29, 0.717) is 17.7 Å². The number of nitrogens with one attached hydrogen (secondary N) is 1. The summed E-state index contributed by atoms with van der Waals surface area (Å²) >= 11 is 0. The highest BCUT2D eigenvalue weighted by atomic mass is 16.1. The third kappa shape index (κ3) is 3.16. The first-order chi connectivity index (χ1) is 8.78. The van der Waals surface area contributed by atoms with E-state index in [2.05, 4.69) is 10.3 Å². The molecule has 0 aliphatic carbocycles. The van der Waals surface area contributed by atoms with Gasteiger partial charge in [0.25, 0.3) is 0 Å². The lowest BCUT2D eigenvalue weighted by Crippen LogP contribution is -2.14. The van der Waals surface area contributed by atoms with E-state index in [1.807, 2.05) is 6.07 Å². The van der Waals surface area contributed by atoms with Crippen LogP contribution in [-0.2, 0) is 11.2 Å². The maximum absolute atomic E-state index is 11.8. The van der Waals surface area contributed by atoms with Gasteiger partial charge in [-0.2, -0.15) is 5.26 Å². The van der Waals surface area contributed by atoms with E-state index >= 15 is 0 Å². The van der Waals surface area contributed by atoms with E-state index < -0.39 is 0 Å². The summed E-state index contributed by atoms with van der Waals surface area (Å²) in [7, 11) is 0. The third-order valence-corrected chi connectivity index (χ3v) is 2.39. The topological polar surface area (TPSA) is 65.8 Å². The Kier molecular flexibility index (Phi) is 3.67. The van der Waals surface area contributed by atoms with E-state index in [0.717, 1.165) is 5.56 Å². The van der Waals surface area contributed by atoms with Gasteiger partial charge in [0.1, 0.15) is 0 Å². The molecule has 1 amide bonds. The molecule has 4 nitrogen and oxygen atoms in total. The lowest BCUT2D eigenvalue weighted by molar-refractivity contribution is -0.115. The van der Waals surface area contributed by atoms with Gasteiger partial charge in [0, 0.05) is 18.1 Å². The van der Waals surface area contributed by atoms with Gasteiger partial charge in [-0.05, 0) is 35.9 Å². The summed E-state index contributed by atoms with van der Waals surface area (Å²) in [6, 6.07) is 12.5. The molecule has 0 spiro atoms. The van der Waals surface area contributed by atoms with Gasteiger partial charge in [0.2, 0.25) is 5.91 Å². The average molecular weight is 237 g/mol. The van der Waals surface area contributed by atoms with Crippen LogP contribution < -0.4 is 5.32 Å². The fraction of sp³-hybridized carbons (Fsp3) is 0.0714. The van der Waals surface area contributed by atoms with Crippen LogP contribution in [0.4, 0.5) is 5.69 Å². The zero-order chi connectivity index (χ0) is 12.8. The highest BCUT2D eigenvalue weighted by molar-refractivity contribution is 5.92. The van der Waals surface area contributed by atoms with Crippen LogP contribution in [0.3, 0.4) is 0 Å². The highest BCUT2D eigenvalue weighted by Crippen LogP contribution is 2.10. The maximum atomic E-state index is 11.8. The van der Waals surface area contributed by atoms with Crippen LogP contribution in [0, 0.1) is 11.3 Å². The average Bonchev–Trinajstić information content (AvgIpc) is 2.40. The summed E-state index contributed by atoms with van der Waals surface area (Å²) in [6.07, 6.45) is 3.59. The maximum Gasteiger partial charge on any atom is 0.228 e. The van der Waals surface area contributed by atoms with Crippen LogP contribution in [0.25, 0.3) is 0 Å². The first kappa shape index (κ1) is 11.8. The van der Waals surface area contributed by atoms with E-state index in [4.69, 9.17) is 5.26 Å². The molecule has 18 heavy (non-hydrogen) atoms. The van der Waals surface area contributed by atoms with Gasteiger partial charge >= 0.3 is 0 Å². The van der Waals surface area contributed by atoms with Crippen molar-refractivity contribution in [3.63, 3.8) is 0 Å². The fourth-order valence-electron chi connectivity index (χ4n) is 1.56. The number of aromatic nitrogens is 1. The number of hydrogen-bond acceptors (Lipinski definition) is 3. The molecular weight excluding hydrogens is 226 g/mol. The Labute approximate surface area is 105 Å². The van der Waals surface area contributed by atoms with Crippen LogP contribution >= 0.6 is 0 Å². The minimum Gasteiger partial charge on any atom is -0.326 e. The zero-order valence-electron chi connectivity index (χ0n) is 9.63. The van der Waals surface area contributed by atoms with Gasteiger partial charge in [-0.25, -0.2) is 0 Å². The second-order valence-corrected chi connectivity index (χ2v) is 3.77. The van der Waals surface area contributed by atoms with Gasteiger partial charge in [0.05, 0.1) is 18.1 Å². The molecule has 0 atom stereocenters. The second kappa shape index (κ2) is 5.60. The number of benzene rings is 1. The van der Waals surface area contributed by atoms with Crippen molar-refractivity contribution in [3.05, 3.63) is 59.9 Å². The Balaban J connectivity index is 2.01. The van der Waals surface area contributed by atoms with E-state index in [9.17, 15) is 4.79 Å². The predicted octanol–water partition coefficient (Wildman–Crippen LogP) is 2.13. The van der Waals surface area contributed by atoms with Gasteiger partial charge in [-0.15, -0.1) is 0 Å². The van der Waals surface area contributed by atoms with Crippen molar-refractivity contribution in [2.24, 2.45) is 0 Å². The second-order valence-electron chi connectivity index (χ2n) is 3.77. The molecule has 1 heterocycles. The molecule has 2 rings (SSSR count). The Morgan fingerprint density at radius 3 is 2.78 bits per heavy atom. The lowest BCUT2D eigenvalue weighted by atomic mass is 10.2. The number of nitrogens with zero attached hydrogens (tertiary/aromatic N) is 2. The molecule has 0 aliphatic rings. The predicted molar refractivity (Wildman–Crippen MR) is 67.7 cm³/mol. The molecule has 0 saturated carbocycles. The van der Waals surface area contributed by atoms with Crippen LogP contribution in [0.5, 0.6) is 0 Å². The van der Waals surface area contributed by atoms with Crippen molar-refractivity contribution in [3.8, 4) is 6.07 Å². The number of carbonyl (C=O) groups excluding carboxylic acids is 1. The largest absolute Gasteiger partial charge is 0.326 e. The van der Waals surface area contributed by atoms with Crippen molar-refractivity contribution < 1.29 is 4.79 Å². The molecule has 1 aromatic heterocycles. The fourth-order valence-corrected chi connectivity index (χ4v) is 1.56. The Bertz CT molecular complexity index is 587. The number of amides is 1. The molecule has 0 unspecified atom stereocenters. The number of anilines is 1. The van der Waals surface area contributed by atoms with Crippen molar-refractivity contribution in [1.82, 2.24) is 4.98 Å². The number of nitriles is 1. The number of rotatable bonds is 3. The van der Waals surface area contributed by atoms with Crippen LogP contribution in [0.2, 0.25) is 0 Å². The molecule has 0 radical (unpaired) electrons. The minimum absolute atomic E-state index is 0.115. The van der Waals surface area contributed by atoms with Crippen molar-refractivity contribution in [2.75, 3.05) is 5.32 Å². The number of pyridine rings is 1. The van der Waals surface area contributed by atoms with E-state index in [1.165, 1.54) is 0 Å². The molecule has 0 aliphatic heterocycles. The van der Waals surface area contributed by atoms with Crippen molar-refractivity contribution in [1.29, 1.82) is 5.26 Å². The first-order valence-corrected chi connectivity index (χ1v) is 5.47. The molecule has 0 saturated heterocycles. The van der Waals surface area contributed by atoms with Gasteiger partial charge < -0.3 is 5.32 Å². The summed E-state index contributed by atoms with van der Waals surface area (Å²) < 4.78 is 0.